The summed E-state index contributed by atoms with van der Waals surface area (Å²) in [6.45, 7) is 0.0345. The molecule has 0 fully saturated rings. The Morgan fingerprint density at radius 3 is 2.91 bits per heavy atom. The molecule has 0 saturated carbocycles. The number of benzene rings is 1. The van der Waals surface area contributed by atoms with Crippen LogP contribution in [0, 0.1) is 0 Å². The lowest BCUT2D eigenvalue weighted by Crippen LogP contribution is -2.28. The van der Waals surface area contributed by atoms with Crippen LogP contribution in [0.3, 0.4) is 0 Å². The Balaban J connectivity index is 1.66. The van der Waals surface area contributed by atoms with E-state index < -0.39 is 6.10 Å². The minimum Gasteiger partial charge on any atom is -0.467 e. The first kappa shape index (κ1) is 15.3. The van der Waals surface area contributed by atoms with Crippen molar-refractivity contribution in [3.8, 4) is 11.3 Å². The number of carbonyl (C=O) groups excluding carboxylic acids is 1. The molecule has 3 N–H and O–H groups in total. The van der Waals surface area contributed by atoms with Crippen LogP contribution in [0.5, 0.6) is 0 Å². The average Bonchev–Trinajstić information content (AvgIpc) is 3.24. The molecule has 0 bridgehead atoms. The number of hydrogen-bond donors (Lipinski definition) is 3. The zero-order valence-electron chi connectivity index (χ0n) is 12.0. The molecule has 0 aliphatic heterocycles. The number of hydrogen-bond acceptors (Lipinski definition) is 4. The highest BCUT2D eigenvalue weighted by Gasteiger charge is 2.15. The van der Waals surface area contributed by atoms with Crippen molar-refractivity contribution in [2.24, 2.45) is 0 Å². The largest absolute Gasteiger partial charge is 0.467 e. The summed E-state index contributed by atoms with van der Waals surface area (Å²) < 4.78 is 5.07. The number of H-pyrrole nitrogens is 1. The molecule has 23 heavy (non-hydrogen) atoms. The molecule has 3 rings (SSSR count). The standard InChI is InChI=1S/C16H14ClN3O3/c17-11-5-2-1-4-10(11)12-8-13(20-19-12)16(22)18-9-14(21)15-6-3-7-23-15/h1-8,14,21H,9H2,(H,18,22)(H,19,20). The molecule has 1 atom stereocenters. The number of aliphatic hydroxyl groups is 1. The van der Waals surface area contributed by atoms with Gasteiger partial charge in [0.05, 0.1) is 23.5 Å². The van der Waals surface area contributed by atoms with Gasteiger partial charge in [-0.2, -0.15) is 5.10 Å². The predicted molar refractivity (Wildman–Crippen MR) is 85.0 cm³/mol. The molecule has 2 aromatic heterocycles. The summed E-state index contributed by atoms with van der Waals surface area (Å²) in [4.78, 5) is 12.1. The van der Waals surface area contributed by atoms with Crippen LogP contribution >= 0.6 is 11.6 Å². The van der Waals surface area contributed by atoms with Crippen molar-refractivity contribution in [1.82, 2.24) is 15.5 Å². The number of aromatic amines is 1. The minimum atomic E-state index is -0.903. The van der Waals surface area contributed by atoms with Crippen LogP contribution in [0.4, 0.5) is 0 Å². The van der Waals surface area contributed by atoms with Crippen LogP contribution in [-0.2, 0) is 0 Å². The highest BCUT2D eigenvalue weighted by molar-refractivity contribution is 6.33. The van der Waals surface area contributed by atoms with Gasteiger partial charge in [0.25, 0.3) is 5.91 Å². The Morgan fingerprint density at radius 1 is 1.35 bits per heavy atom. The van der Waals surface area contributed by atoms with Crippen LogP contribution in [0.25, 0.3) is 11.3 Å². The number of aliphatic hydroxyl groups excluding tert-OH is 1. The Kier molecular flexibility index (Phi) is 4.45. The van der Waals surface area contributed by atoms with Crippen LogP contribution in [0.1, 0.15) is 22.4 Å². The van der Waals surface area contributed by atoms with E-state index in [1.807, 2.05) is 18.2 Å². The Bertz CT molecular complexity index is 799. The number of halogens is 1. The Hall–Kier alpha value is -2.57. The average molecular weight is 332 g/mol. The van der Waals surface area contributed by atoms with E-state index in [1.165, 1.54) is 6.26 Å². The van der Waals surface area contributed by atoms with Crippen LogP contribution in [0.15, 0.2) is 53.1 Å². The summed E-state index contributed by atoms with van der Waals surface area (Å²) >= 11 is 6.11. The van der Waals surface area contributed by atoms with Crippen molar-refractivity contribution >= 4 is 17.5 Å². The first-order chi connectivity index (χ1) is 11.1. The number of nitrogens with one attached hydrogen (secondary N) is 2. The van der Waals surface area contributed by atoms with Crippen molar-refractivity contribution < 1.29 is 14.3 Å². The van der Waals surface area contributed by atoms with Crippen molar-refractivity contribution in [3.05, 3.63) is 65.2 Å². The molecule has 1 amide bonds. The van der Waals surface area contributed by atoms with Crippen molar-refractivity contribution in [1.29, 1.82) is 0 Å². The number of rotatable bonds is 5. The molecule has 2 heterocycles. The van der Waals surface area contributed by atoms with Gasteiger partial charge in [-0.15, -0.1) is 0 Å². The third-order valence-corrected chi connectivity index (χ3v) is 3.63. The van der Waals surface area contributed by atoms with Crippen LogP contribution in [0.2, 0.25) is 5.02 Å². The highest BCUT2D eigenvalue weighted by atomic mass is 35.5. The van der Waals surface area contributed by atoms with E-state index in [1.54, 1.807) is 24.3 Å². The Morgan fingerprint density at radius 2 is 2.17 bits per heavy atom. The second-order valence-electron chi connectivity index (χ2n) is 4.89. The fourth-order valence-corrected chi connectivity index (χ4v) is 2.34. The van der Waals surface area contributed by atoms with Crippen molar-refractivity contribution in [3.63, 3.8) is 0 Å². The summed E-state index contributed by atoms with van der Waals surface area (Å²) in [6.07, 6.45) is 0.561. The first-order valence-corrected chi connectivity index (χ1v) is 7.33. The normalized spacial score (nSPS) is 12.1. The number of furan rings is 1. The molecule has 118 valence electrons. The monoisotopic (exact) mass is 331 g/mol. The minimum absolute atomic E-state index is 0.0345. The van der Waals surface area contributed by atoms with Crippen molar-refractivity contribution in [2.75, 3.05) is 6.54 Å². The van der Waals surface area contributed by atoms with Gasteiger partial charge in [-0.1, -0.05) is 29.8 Å². The molecule has 0 aliphatic carbocycles. The maximum atomic E-state index is 12.1. The number of nitrogens with zero attached hydrogens (tertiary/aromatic N) is 1. The zero-order valence-corrected chi connectivity index (χ0v) is 12.7. The second kappa shape index (κ2) is 6.68. The molecule has 0 aliphatic rings. The predicted octanol–water partition coefficient (Wildman–Crippen LogP) is 2.79. The highest BCUT2D eigenvalue weighted by Crippen LogP contribution is 2.26. The van der Waals surface area contributed by atoms with Crippen LogP contribution < -0.4 is 5.32 Å². The number of aromatic nitrogens is 2. The summed E-state index contributed by atoms with van der Waals surface area (Å²) in [6, 6.07) is 12.2. The lowest BCUT2D eigenvalue weighted by Gasteiger charge is -2.08. The lowest BCUT2D eigenvalue weighted by atomic mass is 10.1. The van der Waals surface area contributed by atoms with Gasteiger partial charge in [0.1, 0.15) is 17.6 Å². The molecule has 3 aromatic rings. The maximum Gasteiger partial charge on any atom is 0.269 e. The Labute approximate surface area is 137 Å². The topological polar surface area (TPSA) is 91.2 Å². The van der Waals surface area contributed by atoms with Crippen LogP contribution in [-0.4, -0.2) is 27.8 Å². The van der Waals surface area contributed by atoms with Gasteiger partial charge in [0.15, 0.2) is 0 Å². The van der Waals surface area contributed by atoms with Gasteiger partial charge in [-0.05, 0) is 24.3 Å². The smallest absolute Gasteiger partial charge is 0.269 e. The second-order valence-corrected chi connectivity index (χ2v) is 5.30. The maximum absolute atomic E-state index is 12.1. The van der Waals surface area contributed by atoms with Gasteiger partial charge in [-0.25, -0.2) is 0 Å². The molecule has 6 nitrogen and oxygen atoms in total. The number of carbonyl (C=O) groups is 1. The molecule has 0 spiro atoms. The van der Waals surface area contributed by atoms with Gasteiger partial charge >= 0.3 is 0 Å². The summed E-state index contributed by atoms with van der Waals surface area (Å²) in [5, 5.41) is 19.8. The van der Waals surface area contributed by atoms with Crippen molar-refractivity contribution in [2.45, 2.75) is 6.10 Å². The summed E-state index contributed by atoms with van der Waals surface area (Å²) in [5.41, 5.74) is 1.60. The van der Waals surface area contributed by atoms with Gasteiger partial charge < -0.3 is 14.8 Å². The molecule has 1 unspecified atom stereocenters. The van der Waals surface area contributed by atoms with E-state index in [4.69, 9.17) is 16.0 Å². The van der Waals surface area contributed by atoms with E-state index in [9.17, 15) is 9.90 Å². The quantitative estimate of drug-likeness (QED) is 0.670. The van der Waals surface area contributed by atoms with Gasteiger partial charge in [0.2, 0.25) is 0 Å². The molecular weight excluding hydrogens is 318 g/mol. The summed E-state index contributed by atoms with van der Waals surface area (Å²) in [5.74, 6) is 0.0214. The SMILES string of the molecule is O=C(NCC(O)c1ccco1)c1cc(-c2ccccc2Cl)n[nH]1. The third kappa shape index (κ3) is 3.44. The molecule has 7 heteroatoms. The fraction of sp³-hybridized carbons (Fsp3) is 0.125. The van der Waals surface area contributed by atoms with E-state index in [0.29, 0.717) is 16.5 Å². The van der Waals surface area contributed by atoms with E-state index in [-0.39, 0.29) is 18.1 Å². The van der Waals surface area contributed by atoms with Gasteiger partial charge in [-0.3, -0.25) is 9.89 Å². The third-order valence-electron chi connectivity index (χ3n) is 3.30. The van der Waals surface area contributed by atoms with E-state index in [0.717, 1.165) is 5.56 Å². The zero-order chi connectivity index (χ0) is 16.2. The summed E-state index contributed by atoms with van der Waals surface area (Å²) in [7, 11) is 0. The molecular formula is C16H14ClN3O3. The van der Waals surface area contributed by atoms with E-state index in [2.05, 4.69) is 15.5 Å². The lowest BCUT2D eigenvalue weighted by molar-refractivity contribution is 0.0896. The molecule has 1 aromatic carbocycles. The first-order valence-electron chi connectivity index (χ1n) is 6.95. The van der Waals surface area contributed by atoms with E-state index >= 15 is 0 Å². The molecule has 0 radical (unpaired) electrons. The van der Waals surface area contributed by atoms with Gasteiger partial charge in [0, 0.05) is 5.56 Å². The molecule has 0 saturated heterocycles. The number of amides is 1. The fourth-order valence-electron chi connectivity index (χ4n) is 2.11.